The minimum absolute atomic E-state index is 0.207. The Balaban J connectivity index is 1.94. The van der Waals surface area contributed by atoms with E-state index < -0.39 is 17.4 Å². The van der Waals surface area contributed by atoms with Gasteiger partial charge in [0.05, 0.1) is 13.3 Å². The zero-order chi connectivity index (χ0) is 22.4. The van der Waals surface area contributed by atoms with E-state index in [0.717, 1.165) is 24.5 Å². The molecule has 1 saturated heterocycles. The molecule has 1 amide bonds. The molecule has 0 unspecified atom stereocenters. The smallest absolute Gasteiger partial charge is 0.250 e. The molecule has 1 heterocycles. The second-order valence-corrected chi connectivity index (χ2v) is 7.42. The van der Waals surface area contributed by atoms with Crippen LogP contribution in [0, 0.1) is 11.2 Å². The Bertz CT molecular complexity index is 1000. The molecule has 6 nitrogen and oxygen atoms in total. The second kappa shape index (κ2) is 10.0. The molecule has 1 aliphatic rings. The molecular formula is C24H25FN2O4. The summed E-state index contributed by atoms with van der Waals surface area (Å²) in [6, 6.07) is 13.8. The lowest BCUT2D eigenvalue weighted by Crippen LogP contribution is -2.36. The molecule has 2 aromatic carbocycles. The van der Waals surface area contributed by atoms with Gasteiger partial charge in [0.25, 0.3) is 5.91 Å². The third kappa shape index (κ3) is 4.99. The van der Waals surface area contributed by atoms with Crippen molar-refractivity contribution >= 4 is 17.9 Å². The molecular weight excluding hydrogens is 399 g/mol. The Morgan fingerprint density at radius 3 is 2.58 bits per heavy atom. The van der Waals surface area contributed by atoms with E-state index in [4.69, 9.17) is 10.1 Å². The Kier molecular flexibility index (Phi) is 7.18. The molecule has 0 aliphatic carbocycles. The largest absolute Gasteiger partial charge is 0.504 e. The number of rotatable bonds is 8. The number of Topliss-reactive ketones (excluding diaryl/α,β-unsaturated/α-hetero) is 1. The van der Waals surface area contributed by atoms with Crippen molar-refractivity contribution in [2.24, 2.45) is 0 Å². The van der Waals surface area contributed by atoms with Crippen molar-refractivity contribution in [3.8, 4) is 5.75 Å². The van der Waals surface area contributed by atoms with Crippen LogP contribution in [0.3, 0.4) is 0 Å². The summed E-state index contributed by atoms with van der Waals surface area (Å²) < 4.78 is 20.3. The SMILES string of the molecule is COc1ccccc1[C@@H](C[C@H]1CCCN1C(=O)/C=C(\O)C(=O)C=N)c1ccccc1F. The number of likely N-dealkylation sites (tertiary alicyclic amines) is 1. The standard InChI is InChI=1S/C24H25FN2O4/c1-31-23-11-5-3-9-18(23)19(17-8-2-4-10-20(17)25)13-16-7-6-12-27(16)24(30)14-21(28)22(29)15-26/h2-5,8-11,14-16,19,26,28H,6-7,12-13H2,1H3/b21-14-,26-15?/t16-,19+/m1/s1. The normalized spacial score (nSPS) is 17.3. The van der Waals surface area contributed by atoms with Crippen molar-refractivity contribution < 1.29 is 23.8 Å². The average Bonchev–Trinajstić information content (AvgIpc) is 3.25. The molecule has 2 aromatic rings. The molecule has 0 aromatic heterocycles. The molecule has 1 aliphatic heterocycles. The first-order chi connectivity index (χ1) is 15.0. The predicted octanol–water partition coefficient (Wildman–Crippen LogP) is 4.01. The number of ether oxygens (including phenoxy) is 1. The lowest BCUT2D eigenvalue weighted by molar-refractivity contribution is -0.127. The first-order valence-electron chi connectivity index (χ1n) is 10.1. The number of aliphatic hydroxyl groups is 1. The Labute approximate surface area is 180 Å². The van der Waals surface area contributed by atoms with Crippen LogP contribution in [0.4, 0.5) is 4.39 Å². The summed E-state index contributed by atoms with van der Waals surface area (Å²) in [5.41, 5.74) is 1.34. The highest BCUT2D eigenvalue weighted by Gasteiger charge is 2.33. The molecule has 3 rings (SSSR count). The van der Waals surface area contributed by atoms with Crippen LogP contribution >= 0.6 is 0 Å². The van der Waals surface area contributed by atoms with Gasteiger partial charge in [0.2, 0.25) is 5.78 Å². The summed E-state index contributed by atoms with van der Waals surface area (Å²) >= 11 is 0. The number of allylic oxidation sites excluding steroid dienone is 1. The van der Waals surface area contributed by atoms with Crippen LogP contribution in [0.15, 0.2) is 60.4 Å². The molecule has 2 atom stereocenters. The number of nitrogens with one attached hydrogen (secondary N) is 1. The molecule has 0 radical (unpaired) electrons. The fourth-order valence-electron chi connectivity index (χ4n) is 4.12. The van der Waals surface area contributed by atoms with Crippen molar-refractivity contribution in [2.45, 2.75) is 31.2 Å². The number of methoxy groups -OCH3 is 1. The van der Waals surface area contributed by atoms with Gasteiger partial charge >= 0.3 is 0 Å². The Morgan fingerprint density at radius 2 is 1.90 bits per heavy atom. The number of hydrogen-bond acceptors (Lipinski definition) is 5. The number of halogens is 1. The molecule has 2 N–H and O–H groups in total. The van der Waals surface area contributed by atoms with Gasteiger partial charge in [0, 0.05) is 30.1 Å². The number of para-hydroxylation sites is 1. The summed E-state index contributed by atoms with van der Waals surface area (Å²) in [5, 5.41) is 16.7. The monoisotopic (exact) mass is 424 g/mol. The van der Waals surface area contributed by atoms with Gasteiger partial charge in [-0.2, -0.15) is 0 Å². The van der Waals surface area contributed by atoms with Gasteiger partial charge in [-0.3, -0.25) is 9.59 Å². The fourth-order valence-corrected chi connectivity index (χ4v) is 4.12. The van der Waals surface area contributed by atoms with Crippen molar-refractivity contribution in [3.63, 3.8) is 0 Å². The van der Waals surface area contributed by atoms with Crippen LogP contribution < -0.4 is 4.74 Å². The number of ketones is 1. The highest BCUT2D eigenvalue weighted by Crippen LogP contribution is 2.39. The van der Waals surface area contributed by atoms with E-state index in [0.29, 0.717) is 30.5 Å². The fraction of sp³-hybridized carbons (Fsp3) is 0.292. The van der Waals surface area contributed by atoms with Crippen LogP contribution in [0.1, 0.15) is 36.3 Å². The number of benzene rings is 2. The number of amides is 1. The molecule has 7 heteroatoms. The third-order valence-electron chi connectivity index (χ3n) is 5.61. The van der Waals surface area contributed by atoms with Crippen molar-refractivity contribution in [2.75, 3.05) is 13.7 Å². The molecule has 0 bridgehead atoms. The predicted molar refractivity (Wildman–Crippen MR) is 115 cm³/mol. The van der Waals surface area contributed by atoms with E-state index >= 15 is 0 Å². The maximum Gasteiger partial charge on any atom is 0.250 e. The van der Waals surface area contributed by atoms with Gasteiger partial charge in [0.15, 0.2) is 5.76 Å². The van der Waals surface area contributed by atoms with Crippen LogP contribution in [-0.4, -0.2) is 47.6 Å². The van der Waals surface area contributed by atoms with Crippen LogP contribution in [0.25, 0.3) is 0 Å². The average molecular weight is 424 g/mol. The summed E-state index contributed by atoms with van der Waals surface area (Å²) in [4.78, 5) is 25.7. The molecule has 0 saturated carbocycles. The van der Waals surface area contributed by atoms with Crippen molar-refractivity contribution in [3.05, 3.63) is 77.3 Å². The molecule has 162 valence electrons. The van der Waals surface area contributed by atoms with E-state index in [9.17, 15) is 19.1 Å². The van der Waals surface area contributed by atoms with Crippen LogP contribution in [-0.2, 0) is 9.59 Å². The van der Waals surface area contributed by atoms with E-state index in [-0.39, 0.29) is 17.8 Å². The highest BCUT2D eigenvalue weighted by molar-refractivity contribution is 6.33. The summed E-state index contributed by atoms with van der Waals surface area (Å²) in [5.74, 6) is -2.23. The maximum absolute atomic E-state index is 14.8. The number of carbonyl (C=O) groups is 2. The number of carbonyl (C=O) groups excluding carboxylic acids is 2. The second-order valence-electron chi connectivity index (χ2n) is 7.42. The first kappa shape index (κ1) is 22.2. The Morgan fingerprint density at radius 1 is 1.23 bits per heavy atom. The summed E-state index contributed by atoms with van der Waals surface area (Å²) in [6.07, 6.45) is 3.25. The van der Waals surface area contributed by atoms with E-state index in [2.05, 4.69) is 0 Å². The van der Waals surface area contributed by atoms with Gasteiger partial charge in [0.1, 0.15) is 11.6 Å². The van der Waals surface area contributed by atoms with E-state index in [1.807, 2.05) is 24.3 Å². The van der Waals surface area contributed by atoms with Gasteiger partial charge < -0.3 is 20.2 Å². The quantitative estimate of drug-likeness (QED) is 0.381. The van der Waals surface area contributed by atoms with E-state index in [1.165, 1.54) is 6.07 Å². The highest BCUT2D eigenvalue weighted by atomic mass is 19.1. The molecule has 0 spiro atoms. The number of nitrogens with zero attached hydrogens (tertiary/aromatic N) is 1. The summed E-state index contributed by atoms with van der Waals surface area (Å²) in [7, 11) is 1.57. The van der Waals surface area contributed by atoms with Gasteiger partial charge in [-0.1, -0.05) is 36.4 Å². The van der Waals surface area contributed by atoms with Crippen LogP contribution in [0.5, 0.6) is 5.75 Å². The third-order valence-corrected chi connectivity index (χ3v) is 5.61. The van der Waals surface area contributed by atoms with E-state index in [1.54, 1.807) is 30.2 Å². The van der Waals surface area contributed by atoms with Gasteiger partial charge in [-0.25, -0.2) is 4.39 Å². The molecule has 1 fully saturated rings. The Hall–Kier alpha value is -3.48. The minimum atomic E-state index is -0.928. The lowest BCUT2D eigenvalue weighted by Gasteiger charge is -2.29. The topological polar surface area (TPSA) is 90.7 Å². The number of hydrogen-bond donors (Lipinski definition) is 2. The lowest BCUT2D eigenvalue weighted by atomic mass is 9.84. The maximum atomic E-state index is 14.8. The van der Waals surface area contributed by atoms with Gasteiger partial charge in [-0.15, -0.1) is 0 Å². The van der Waals surface area contributed by atoms with Crippen LogP contribution in [0.2, 0.25) is 0 Å². The van der Waals surface area contributed by atoms with Gasteiger partial charge in [-0.05, 0) is 37.0 Å². The van der Waals surface area contributed by atoms with Crippen molar-refractivity contribution in [1.82, 2.24) is 4.90 Å². The minimum Gasteiger partial charge on any atom is -0.504 e. The first-order valence-corrected chi connectivity index (χ1v) is 10.1. The molecule has 31 heavy (non-hydrogen) atoms. The summed E-state index contributed by atoms with van der Waals surface area (Å²) in [6.45, 7) is 0.474. The van der Waals surface area contributed by atoms with Crippen molar-refractivity contribution in [1.29, 1.82) is 5.41 Å². The zero-order valence-corrected chi connectivity index (χ0v) is 17.3. The zero-order valence-electron chi connectivity index (χ0n) is 17.3. The number of aliphatic hydroxyl groups excluding tert-OH is 1.